The monoisotopic (exact) mass is 557 g/mol. The highest BCUT2D eigenvalue weighted by atomic mass is 35.5. The molecule has 2 amide bonds. The molecule has 198 valence electrons. The zero-order valence-electron chi connectivity index (χ0n) is 20.7. The number of nitrogens with zero attached hydrogens (tertiary/aromatic N) is 1. The Balaban J connectivity index is 1.44. The molecule has 0 N–H and O–H groups in total. The molecular formula is C28H25ClFNO6S. The number of benzene rings is 3. The second-order valence-electron chi connectivity index (χ2n) is 7.96. The van der Waals surface area contributed by atoms with Gasteiger partial charge in [-0.2, -0.15) is 0 Å². The number of rotatable bonds is 11. The van der Waals surface area contributed by atoms with Crippen molar-refractivity contribution < 1.29 is 32.9 Å². The van der Waals surface area contributed by atoms with Gasteiger partial charge in [0.05, 0.1) is 30.2 Å². The Labute approximate surface area is 229 Å². The number of hydrogen-bond acceptors (Lipinski definition) is 7. The van der Waals surface area contributed by atoms with Crippen molar-refractivity contribution in [3.05, 3.63) is 87.5 Å². The summed E-state index contributed by atoms with van der Waals surface area (Å²) < 4.78 is 36.5. The average molecular weight is 558 g/mol. The Kier molecular flexibility index (Phi) is 9.15. The molecule has 0 spiro atoms. The van der Waals surface area contributed by atoms with Crippen molar-refractivity contribution in [2.24, 2.45) is 0 Å². The minimum absolute atomic E-state index is 0.0826. The molecular weight excluding hydrogens is 533 g/mol. The third-order valence-electron chi connectivity index (χ3n) is 5.51. The third kappa shape index (κ3) is 6.41. The van der Waals surface area contributed by atoms with E-state index in [4.69, 9.17) is 30.5 Å². The van der Waals surface area contributed by atoms with Gasteiger partial charge in [0, 0.05) is 5.56 Å². The molecule has 0 aromatic heterocycles. The summed E-state index contributed by atoms with van der Waals surface area (Å²) in [5.41, 5.74) is 0.879. The number of methoxy groups -OCH3 is 1. The highest BCUT2D eigenvalue weighted by Crippen LogP contribution is 2.35. The van der Waals surface area contributed by atoms with E-state index in [-0.39, 0.29) is 40.5 Å². The van der Waals surface area contributed by atoms with E-state index in [9.17, 15) is 14.0 Å². The van der Waals surface area contributed by atoms with E-state index in [1.807, 2.05) is 19.1 Å². The van der Waals surface area contributed by atoms with Crippen molar-refractivity contribution in [1.82, 2.24) is 4.90 Å². The van der Waals surface area contributed by atoms with Crippen LogP contribution in [0.2, 0.25) is 5.02 Å². The number of thioether (sulfide) groups is 1. The summed E-state index contributed by atoms with van der Waals surface area (Å²) in [5, 5.41) is -0.111. The Morgan fingerprint density at radius 2 is 1.71 bits per heavy atom. The molecule has 0 bridgehead atoms. The maximum absolute atomic E-state index is 14.1. The highest BCUT2D eigenvalue weighted by molar-refractivity contribution is 8.18. The van der Waals surface area contributed by atoms with Gasteiger partial charge in [0.15, 0.2) is 23.0 Å². The van der Waals surface area contributed by atoms with Gasteiger partial charge < -0.3 is 18.9 Å². The molecule has 4 rings (SSSR count). The average Bonchev–Trinajstić information content (AvgIpc) is 3.17. The van der Waals surface area contributed by atoms with Crippen LogP contribution in [0, 0.1) is 5.82 Å². The maximum Gasteiger partial charge on any atom is 0.293 e. The van der Waals surface area contributed by atoms with Crippen LogP contribution in [0.5, 0.6) is 23.0 Å². The Hall–Kier alpha value is -3.69. The molecule has 1 fully saturated rings. The van der Waals surface area contributed by atoms with Crippen LogP contribution in [0.25, 0.3) is 6.08 Å². The van der Waals surface area contributed by atoms with Gasteiger partial charge in [0.25, 0.3) is 11.1 Å². The molecule has 38 heavy (non-hydrogen) atoms. The first-order valence-electron chi connectivity index (χ1n) is 11.7. The number of amides is 2. The summed E-state index contributed by atoms with van der Waals surface area (Å²) in [7, 11) is 1.54. The number of hydrogen-bond donors (Lipinski definition) is 0. The first kappa shape index (κ1) is 27.3. The van der Waals surface area contributed by atoms with Crippen LogP contribution in [0.15, 0.2) is 65.6 Å². The normalized spacial score (nSPS) is 14.2. The van der Waals surface area contributed by atoms with Crippen molar-refractivity contribution in [3.63, 3.8) is 0 Å². The number of imide groups is 1. The molecule has 7 nitrogen and oxygen atoms in total. The van der Waals surface area contributed by atoms with Crippen molar-refractivity contribution in [2.45, 2.75) is 13.5 Å². The lowest BCUT2D eigenvalue weighted by Gasteiger charge is -2.15. The predicted octanol–water partition coefficient (Wildman–Crippen LogP) is 6.58. The molecule has 0 radical (unpaired) electrons. The maximum atomic E-state index is 14.1. The van der Waals surface area contributed by atoms with Crippen LogP contribution in [0.3, 0.4) is 0 Å². The molecule has 0 unspecified atom stereocenters. The van der Waals surface area contributed by atoms with Crippen molar-refractivity contribution >= 4 is 40.6 Å². The van der Waals surface area contributed by atoms with E-state index in [0.29, 0.717) is 35.2 Å². The molecule has 1 aliphatic rings. The molecule has 10 heteroatoms. The van der Waals surface area contributed by atoms with Gasteiger partial charge in [-0.15, -0.1) is 0 Å². The highest BCUT2D eigenvalue weighted by Gasteiger charge is 2.35. The second kappa shape index (κ2) is 12.7. The number of ether oxygens (including phenoxy) is 4. The van der Waals surface area contributed by atoms with Gasteiger partial charge in [-0.1, -0.05) is 35.9 Å². The van der Waals surface area contributed by atoms with E-state index < -0.39 is 11.7 Å². The van der Waals surface area contributed by atoms with E-state index in [1.165, 1.54) is 19.2 Å². The van der Waals surface area contributed by atoms with Crippen LogP contribution < -0.4 is 18.9 Å². The Bertz CT molecular complexity index is 1340. The zero-order valence-corrected chi connectivity index (χ0v) is 22.3. The van der Waals surface area contributed by atoms with Gasteiger partial charge in [-0.25, -0.2) is 4.39 Å². The zero-order chi connectivity index (χ0) is 27.1. The van der Waals surface area contributed by atoms with Crippen LogP contribution >= 0.6 is 23.4 Å². The largest absolute Gasteiger partial charge is 0.493 e. The lowest BCUT2D eigenvalue weighted by atomic mass is 10.1. The number of halogens is 2. The van der Waals surface area contributed by atoms with Crippen molar-refractivity contribution in [1.29, 1.82) is 0 Å². The molecule has 3 aromatic rings. The number of para-hydroxylation sites is 2. The van der Waals surface area contributed by atoms with Crippen LogP contribution in [0.4, 0.5) is 9.18 Å². The van der Waals surface area contributed by atoms with E-state index in [0.717, 1.165) is 16.7 Å². The fourth-order valence-electron chi connectivity index (χ4n) is 3.65. The first-order valence-corrected chi connectivity index (χ1v) is 12.9. The molecule has 0 atom stereocenters. The minimum Gasteiger partial charge on any atom is -0.493 e. The topological polar surface area (TPSA) is 74.3 Å². The number of carbonyl (C=O) groups is 2. The lowest BCUT2D eigenvalue weighted by molar-refractivity contribution is -0.123. The molecule has 1 saturated heterocycles. The van der Waals surface area contributed by atoms with E-state index in [2.05, 4.69) is 0 Å². The molecule has 0 aliphatic carbocycles. The molecule has 3 aromatic carbocycles. The van der Waals surface area contributed by atoms with E-state index >= 15 is 0 Å². The number of carbonyl (C=O) groups excluding carboxylic acids is 2. The van der Waals surface area contributed by atoms with Crippen LogP contribution in [0.1, 0.15) is 18.1 Å². The van der Waals surface area contributed by atoms with Gasteiger partial charge in [0.2, 0.25) is 0 Å². The van der Waals surface area contributed by atoms with Crippen molar-refractivity contribution in [3.8, 4) is 23.0 Å². The minimum atomic E-state index is -0.462. The predicted molar refractivity (Wildman–Crippen MR) is 145 cm³/mol. The Morgan fingerprint density at radius 3 is 2.45 bits per heavy atom. The van der Waals surface area contributed by atoms with Gasteiger partial charge in [-0.05, 0) is 66.7 Å². The lowest BCUT2D eigenvalue weighted by Crippen LogP contribution is -2.32. The Morgan fingerprint density at radius 1 is 0.947 bits per heavy atom. The third-order valence-corrected chi connectivity index (χ3v) is 6.78. The van der Waals surface area contributed by atoms with Crippen molar-refractivity contribution in [2.75, 3.05) is 26.9 Å². The summed E-state index contributed by atoms with van der Waals surface area (Å²) in [4.78, 5) is 26.9. The summed E-state index contributed by atoms with van der Waals surface area (Å²) in [6.45, 7) is 2.32. The van der Waals surface area contributed by atoms with Crippen LogP contribution in [-0.4, -0.2) is 42.9 Å². The van der Waals surface area contributed by atoms with E-state index in [1.54, 1.807) is 42.5 Å². The first-order chi connectivity index (χ1) is 18.4. The van der Waals surface area contributed by atoms with Gasteiger partial charge in [0.1, 0.15) is 19.0 Å². The van der Waals surface area contributed by atoms with Gasteiger partial charge in [-0.3, -0.25) is 14.5 Å². The fourth-order valence-corrected chi connectivity index (χ4v) is 4.73. The second-order valence-corrected chi connectivity index (χ2v) is 9.36. The van der Waals surface area contributed by atoms with Gasteiger partial charge >= 0.3 is 0 Å². The summed E-state index contributed by atoms with van der Waals surface area (Å²) in [6.07, 6.45) is 1.62. The molecule has 1 aliphatic heterocycles. The summed E-state index contributed by atoms with van der Waals surface area (Å²) in [5.74, 6) is 1.03. The summed E-state index contributed by atoms with van der Waals surface area (Å²) >= 11 is 6.95. The van der Waals surface area contributed by atoms with Crippen LogP contribution in [-0.2, 0) is 11.4 Å². The smallest absolute Gasteiger partial charge is 0.293 e. The standard InChI is InChI=1S/C28H25ClFNO6S/c1-3-35-25-15-18(11-12-24(25)37-17-19-20(29)7-6-8-21(19)30)16-26-27(32)31(28(33)38-26)13-14-36-23-10-5-4-9-22(23)34-2/h4-12,15-16H,3,13-14,17H2,1-2H3/b26-16-. The fraction of sp³-hybridized carbons (Fsp3) is 0.214. The molecule has 1 heterocycles. The molecule has 0 saturated carbocycles. The quantitative estimate of drug-likeness (QED) is 0.246. The SMILES string of the molecule is CCOc1cc(/C=C2\SC(=O)N(CCOc3ccccc3OC)C2=O)ccc1OCc1c(F)cccc1Cl. The summed E-state index contributed by atoms with van der Waals surface area (Å²) in [6, 6.07) is 16.7.